The molecule has 0 saturated carbocycles. The van der Waals surface area contributed by atoms with Gasteiger partial charge in [0, 0.05) is 10.9 Å². The molecule has 2 heterocycles. The molecule has 1 aromatic carbocycles. The number of benzene rings is 1. The Labute approximate surface area is 144 Å². The third-order valence-corrected chi connectivity index (χ3v) is 4.68. The third kappa shape index (κ3) is 3.81. The van der Waals surface area contributed by atoms with E-state index in [1.165, 1.54) is 10.4 Å². The second-order valence-electron chi connectivity index (χ2n) is 5.12. The van der Waals surface area contributed by atoms with Gasteiger partial charge in [0.25, 0.3) is 0 Å². The van der Waals surface area contributed by atoms with Crippen molar-refractivity contribution >= 4 is 34.7 Å². The lowest BCUT2D eigenvalue weighted by Crippen LogP contribution is -2.13. The highest BCUT2D eigenvalue weighted by Crippen LogP contribution is 2.30. The molecule has 0 radical (unpaired) electrons. The summed E-state index contributed by atoms with van der Waals surface area (Å²) in [6.07, 6.45) is 1.02. The van der Waals surface area contributed by atoms with Crippen LogP contribution in [0.3, 0.4) is 0 Å². The Bertz CT molecular complexity index is 752. The van der Waals surface area contributed by atoms with E-state index < -0.39 is 0 Å². The second-order valence-corrected chi connectivity index (χ2v) is 6.49. The smallest absolute Gasteiger partial charge is 0.223 e. The first kappa shape index (κ1) is 15.8. The molecule has 0 spiro atoms. The Morgan fingerprint density at radius 2 is 2.00 bits per heavy atom. The first-order chi connectivity index (χ1) is 11.2. The fraction of sp³-hybridized carbons (Fsp3) is 0.176. The van der Waals surface area contributed by atoms with Crippen LogP contribution in [0.4, 0.5) is 11.8 Å². The van der Waals surface area contributed by atoms with E-state index in [2.05, 4.69) is 57.9 Å². The van der Waals surface area contributed by atoms with E-state index in [0.29, 0.717) is 11.0 Å². The zero-order valence-corrected chi connectivity index (χ0v) is 14.2. The SMILES string of the molecule is CCc1ccc(C(Nc2cc(Cl)nc(N)n2)c2cccs2)cc1. The summed E-state index contributed by atoms with van der Waals surface area (Å²) >= 11 is 7.67. The van der Waals surface area contributed by atoms with Gasteiger partial charge in [-0.2, -0.15) is 4.98 Å². The molecule has 3 N–H and O–H groups in total. The summed E-state index contributed by atoms with van der Waals surface area (Å²) in [5.41, 5.74) is 8.16. The fourth-order valence-corrected chi connectivity index (χ4v) is 3.37. The van der Waals surface area contributed by atoms with Gasteiger partial charge in [0.1, 0.15) is 11.0 Å². The predicted octanol–water partition coefficient (Wildman–Crippen LogP) is 4.54. The number of hydrogen-bond donors (Lipinski definition) is 2. The average molecular weight is 345 g/mol. The van der Waals surface area contributed by atoms with Crippen molar-refractivity contribution in [2.45, 2.75) is 19.4 Å². The number of aromatic nitrogens is 2. The molecule has 23 heavy (non-hydrogen) atoms. The number of thiophene rings is 1. The summed E-state index contributed by atoms with van der Waals surface area (Å²) in [4.78, 5) is 9.31. The summed E-state index contributed by atoms with van der Waals surface area (Å²) in [6, 6.07) is 14.4. The molecule has 0 aliphatic rings. The highest BCUT2D eigenvalue weighted by molar-refractivity contribution is 7.10. The number of halogens is 1. The highest BCUT2D eigenvalue weighted by Gasteiger charge is 2.16. The van der Waals surface area contributed by atoms with Crippen LogP contribution in [0.2, 0.25) is 5.15 Å². The molecule has 0 saturated heterocycles. The Morgan fingerprint density at radius 1 is 1.22 bits per heavy atom. The number of nitrogen functional groups attached to an aromatic ring is 1. The molecule has 0 aliphatic carbocycles. The third-order valence-electron chi connectivity index (χ3n) is 3.55. The van der Waals surface area contributed by atoms with Gasteiger partial charge in [0.15, 0.2) is 0 Å². The number of nitrogens with one attached hydrogen (secondary N) is 1. The highest BCUT2D eigenvalue weighted by atomic mass is 35.5. The summed E-state index contributed by atoms with van der Waals surface area (Å²) in [5.74, 6) is 0.770. The van der Waals surface area contributed by atoms with Crippen LogP contribution < -0.4 is 11.1 Å². The van der Waals surface area contributed by atoms with Crippen LogP contribution in [-0.4, -0.2) is 9.97 Å². The van der Waals surface area contributed by atoms with E-state index in [1.54, 1.807) is 17.4 Å². The number of anilines is 2. The van der Waals surface area contributed by atoms with E-state index in [1.807, 2.05) is 6.07 Å². The van der Waals surface area contributed by atoms with Crippen LogP contribution >= 0.6 is 22.9 Å². The van der Waals surface area contributed by atoms with Crippen LogP contribution in [0, 0.1) is 0 Å². The van der Waals surface area contributed by atoms with Crippen molar-refractivity contribution < 1.29 is 0 Å². The van der Waals surface area contributed by atoms with Crippen molar-refractivity contribution in [3.63, 3.8) is 0 Å². The molecule has 1 atom stereocenters. The molecule has 0 bridgehead atoms. The first-order valence-corrected chi connectivity index (χ1v) is 8.60. The van der Waals surface area contributed by atoms with Gasteiger partial charge in [-0.05, 0) is 29.0 Å². The predicted molar refractivity (Wildman–Crippen MR) is 97.1 cm³/mol. The summed E-state index contributed by atoms with van der Waals surface area (Å²) in [7, 11) is 0. The van der Waals surface area contributed by atoms with E-state index >= 15 is 0 Å². The molecule has 118 valence electrons. The molecular weight excluding hydrogens is 328 g/mol. The van der Waals surface area contributed by atoms with E-state index in [9.17, 15) is 0 Å². The normalized spacial score (nSPS) is 12.1. The van der Waals surface area contributed by atoms with Gasteiger partial charge < -0.3 is 11.1 Å². The van der Waals surface area contributed by atoms with Crippen LogP contribution in [-0.2, 0) is 6.42 Å². The molecular formula is C17H17ClN4S. The number of nitrogens with two attached hydrogens (primary N) is 1. The summed E-state index contributed by atoms with van der Waals surface area (Å²) in [6.45, 7) is 2.15. The lowest BCUT2D eigenvalue weighted by Gasteiger charge is -2.19. The van der Waals surface area contributed by atoms with Crippen LogP contribution in [0.1, 0.15) is 29.0 Å². The molecule has 0 aliphatic heterocycles. The Kier molecular flexibility index (Phi) is 4.79. The van der Waals surface area contributed by atoms with Gasteiger partial charge in [0.2, 0.25) is 5.95 Å². The van der Waals surface area contributed by atoms with Crippen molar-refractivity contribution in [3.8, 4) is 0 Å². The van der Waals surface area contributed by atoms with Crippen molar-refractivity contribution in [2.75, 3.05) is 11.1 Å². The maximum atomic E-state index is 5.98. The minimum atomic E-state index is -0.00808. The second kappa shape index (κ2) is 6.98. The summed E-state index contributed by atoms with van der Waals surface area (Å²) < 4.78 is 0. The van der Waals surface area contributed by atoms with Gasteiger partial charge in [-0.3, -0.25) is 0 Å². The molecule has 0 amide bonds. The molecule has 1 unspecified atom stereocenters. The minimum Gasteiger partial charge on any atom is -0.368 e. The number of aryl methyl sites for hydroxylation is 1. The lowest BCUT2D eigenvalue weighted by molar-refractivity contribution is 0.943. The number of hydrogen-bond acceptors (Lipinski definition) is 5. The Balaban J connectivity index is 1.95. The van der Waals surface area contributed by atoms with Gasteiger partial charge in [-0.25, -0.2) is 4.98 Å². The first-order valence-electron chi connectivity index (χ1n) is 7.34. The maximum absolute atomic E-state index is 5.98. The monoisotopic (exact) mass is 344 g/mol. The number of rotatable bonds is 5. The molecule has 3 rings (SSSR count). The van der Waals surface area contributed by atoms with E-state index in [0.717, 1.165) is 12.0 Å². The van der Waals surface area contributed by atoms with Crippen LogP contribution in [0.5, 0.6) is 0 Å². The van der Waals surface area contributed by atoms with Crippen molar-refractivity contribution in [1.29, 1.82) is 0 Å². The topological polar surface area (TPSA) is 63.8 Å². The van der Waals surface area contributed by atoms with E-state index in [4.69, 9.17) is 17.3 Å². The van der Waals surface area contributed by atoms with Crippen LogP contribution in [0.15, 0.2) is 47.8 Å². The van der Waals surface area contributed by atoms with Gasteiger partial charge >= 0.3 is 0 Å². The largest absolute Gasteiger partial charge is 0.368 e. The van der Waals surface area contributed by atoms with Crippen molar-refractivity contribution in [2.24, 2.45) is 0 Å². The van der Waals surface area contributed by atoms with Crippen molar-refractivity contribution in [3.05, 3.63) is 69.0 Å². The molecule has 2 aromatic heterocycles. The molecule has 4 nitrogen and oxygen atoms in total. The quantitative estimate of drug-likeness (QED) is 0.667. The molecule has 6 heteroatoms. The fourth-order valence-electron chi connectivity index (χ4n) is 2.38. The average Bonchev–Trinajstić information content (AvgIpc) is 3.06. The Hall–Kier alpha value is -2.11. The molecule has 0 fully saturated rings. The zero-order valence-electron chi connectivity index (χ0n) is 12.7. The van der Waals surface area contributed by atoms with Gasteiger partial charge in [0.05, 0.1) is 6.04 Å². The maximum Gasteiger partial charge on any atom is 0.223 e. The Morgan fingerprint density at radius 3 is 2.61 bits per heavy atom. The summed E-state index contributed by atoms with van der Waals surface area (Å²) in [5, 5.41) is 5.80. The van der Waals surface area contributed by atoms with Crippen molar-refractivity contribution in [1.82, 2.24) is 9.97 Å². The number of nitrogens with zero attached hydrogens (tertiary/aromatic N) is 2. The standard InChI is InChI=1S/C17H17ClN4S/c1-2-11-5-7-12(8-6-11)16(13-4-3-9-23-13)21-15-10-14(18)20-17(19)22-15/h3-10,16H,2H2,1H3,(H3,19,20,21,22). The lowest BCUT2D eigenvalue weighted by atomic mass is 10.0. The minimum absolute atomic E-state index is 0.00808. The molecule has 3 aromatic rings. The van der Waals surface area contributed by atoms with Crippen LogP contribution in [0.25, 0.3) is 0 Å². The van der Waals surface area contributed by atoms with E-state index in [-0.39, 0.29) is 12.0 Å². The van der Waals surface area contributed by atoms with Gasteiger partial charge in [-0.15, -0.1) is 11.3 Å². The zero-order chi connectivity index (χ0) is 16.2. The van der Waals surface area contributed by atoms with Gasteiger partial charge in [-0.1, -0.05) is 48.9 Å².